The Labute approximate surface area is 164 Å². The van der Waals surface area contributed by atoms with Gasteiger partial charge in [0.15, 0.2) is 0 Å². The summed E-state index contributed by atoms with van der Waals surface area (Å²) in [7, 11) is -8.28. The molecule has 2 aromatic rings. The molecule has 0 aliphatic heterocycles. The van der Waals surface area contributed by atoms with E-state index in [9.17, 15) is 25.9 Å². The van der Waals surface area contributed by atoms with Crippen molar-refractivity contribution in [2.45, 2.75) is 25.4 Å². The van der Waals surface area contributed by atoms with E-state index in [1.54, 1.807) is 48.5 Å². The molecule has 0 unspecified atom stereocenters. The van der Waals surface area contributed by atoms with E-state index < -0.39 is 31.7 Å². The van der Waals surface area contributed by atoms with Gasteiger partial charge in [-0.05, 0) is 25.0 Å². The van der Waals surface area contributed by atoms with Crippen molar-refractivity contribution in [3.63, 3.8) is 0 Å². The van der Waals surface area contributed by atoms with Gasteiger partial charge in [-0.2, -0.15) is 0 Å². The molecule has 0 atom stereocenters. The summed E-state index contributed by atoms with van der Waals surface area (Å²) in [6, 6.07) is 13.7. The predicted molar refractivity (Wildman–Crippen MR) is 94.9 cm³/mol. The molecule has 0 aliphatic rings. The second kappa shape index (κ2) is 10.2. The van der Waals surface area contributed by atoms with E-state index in [1.807, 2.05) is 13.8 Å². The van der Waals surface area contributed by atoms with Crippen LogP contribution in [0.4, 0.5) is 0 Å². The second-order valence-electron chi connectivity index (χ2n) is 5.38. The van der Waals surface area contributed by atoms with E-state index in [-0.39, 0.29) is 23.1 Å². The van der Waals surface area contributed by atoms with Crippen molar-refractivity contribution in [1.82, 2.24) is 0 Å². The van der Waals surface area contributed by atoms with Gasteiger partial charge >= 0.3 is 23.1 Å². The number of benzene rings is 2. The number of rotatable bonds is 4. The Kier molecular flexibility index (Phi) is 9.84. The van der Waals surface area contributed by atoms with Gasteiger partial charge in [0, 0.05) is 0 Å². The van der Waals surface area contributed by atoms with Gasteiger partial charge in [0.05, 0.1) is 31.7 Å². The molecule has 0 saturated carbocycles. The smallest absolute Gasteiger partial charge is 0.748 e. The molecule has 0 amide bonds. The maximum absolute atomic E-state index is 10.3. The Balaban J connectivity index is 0.000000443. The minimum absolute atomic E-state index is 0. The third-order valence-electron chi connectivity index (χ3n) is 2.93. The van der Waals surface area contributed by atoms with E-state index in [2.05, 4.69) is 0 Å². The van der Waals surface area contributed by atoms with Crippen LogP contribution >= 0.6 is 0 Å². The summed E-state index contributed by atoms with van der Waals surface area (Å²) in [5.41, 5.74) is 3.16. The first kappa shape index (κ1) is 24.0. The topological polar surface area (TPSA) is 114 Å². The molecule has 25 heavy (non-hydrogen) atoms. The van der Waals surface area contributed by atoms with E-state index in [1.165, 1.54) is 0 Å². The van der Waals surface area contributed by atoms with Gasteiger partial charge in [-0.15, -0.1) is 0 Å². The van der Waals surface area contributed by atoms with Crippen molar-refractivity contribution in [3.8, 4) is 0 Å². The average molecular weight is 395 g/mol. The summed E-state index contributed by atoms with van der Waals surface area (Å²) in [6.07, 6.45) is 0. The summed E-state index contributed by atoms with van der Waals surface area (Å²) in [4.78, 5) is 0. The first-order valence-corrected chi connectivity index (χ1v) is 10.1. The van der Waals surface area contributed by atoms with Crippen molar-refractivity contribution in [1.29, 1.82) is 0 Å². The molecule has 6 nitrogen and oxygen atoms in total. The van der Waals surface area contributed by atoms with Gasteiger partial charge < -0.3 is 9.11 Å². The number of hydrogen-bond acceptors (Lipinski definition) is 6. The van der Waals surface area contributed by atoms with Crippen molar-refractivity contribution in [3.05, 3.63) is 70.8 Å². The molecule has 0 aliphatic carbocycles. The zero-order chi connectivity index (χ0) is 18.4. The molecule has 0 spiro atoms. The molecule has 2 rings (SSSR count). The van der Waals surface area contributed by atoms with Crippen LogP contribution in [0.5, 0.6) is 0 Å². The fourth-order valence-electron chi connectivity index (χ4n) is 1.78. The monoisotopic (exact) mass is 394 g/mol. The van der Waals surface area contributed by atoms with Gasteiger partial charge in [-0.3, -0.25) is 0 Å². The van der Waals surface area contributed by atoms with Crippen LogP contribution in [-0.4, -0.2) is 49.0 Å². The minimum Gasteiger partial charge on any atom is -0.748 e. The Hall–Kier alpha value is -0.974. The van der Waals surface area contributed by atoms with Gasteiger partial charge in [0.1, 0.15) is 0 Å². The third-order valence-corrected chi connectivity index (χ3v) is 4.30. The normalized spacial score (nSPS) is 11.0. The van der Waals surface area contributed by atoms with Crippen LogP contribution in [0.2, 0.25) is 0 Å². The fraction of sp³-hybridized carbons (Fsp3) is 0.250. The van der Waals surface area contributed by atoms with E-state index >= 15 is 0 Å². The first-order chi connectivity index (χ1) is 10.9. The van der Waals surface area contributed by atoms with Crippen LogP contribution in [0.15, 0.2) is 48.5 Å². The van der Waals surface area contributed by atoms with Gasteiger partial charge in [0.2, 0.25) is 0 Å². The van der Waals surface area contributed by atoms with E-state index in [0.29, 0.717) is 11.1 Å². The van der Waals surface area contributed by atoms with Gasteiger partial charge in [-0.25, -0.2) is 16.8 Å². The summed E-state index contributed by atoms with van der Waals surface area (Å²) in [5, 5.41) is 0. The second-order valence-corrected chi connectivity index (χ2v) is 8.18. The minimum atomic E-state index is -4.14. The summed E-state index contributed by atoms with van der Waals surface area (Å²) >= 11 is 0. The molecule has 0 bridgehead atoms. The summed E-state index contributed by atoms with van der Waals surface area (Å²) in [5.74, 6) is -0.847. The maximum Gasteiger partial charge on any atom is 2.00 e. The van der Waals surface area contributed by atoms with Crippen LogP contribution in [0.3, 0.4) is 0 Å². The molecule has 132 valence electrons. The largest absolute Gasteiger partial charge is 2.00 e. The van der Waals surface area contributed by atoms with Crippen molar-refractivity contribution >= 4 is 43.3 Å². The molecule has 9 heteroatoms. The molecular formula is C16H18MgO6S2. The zero-order valence-electron chi connectivity index (χ0n) is 14.0. The standard InChI is InChI=1S/2C8H10O3S.Mg/c2*1-7-2-4-8(5-3-7)6-12(9,10)11;/h2*2-5H,6H2,1H3,(H,9,10,11);/q;;+2/p-2. The fourth-order valence-corrected chi connectivity index (χ4v) is 2.98. The molecule has 0 fully saturated rings. The van der Waals surface area contributed by atoms with Crippen molar-refractivity contribution in [2.24, 2.45) is 0 Å². The predicted octanol–water partition coefficient (Wildman–Crippen LogP) is 1.70. The Morgan fingerprint density at radius 2 is 0.880 bits per heavy atom. The molecule has 0 heterocycles. The molecule has 0 N–H and O–H groups in total. The molecular weight excluding hydrogens is 377 g/mol. The van der Waals surface area contributed by atoms with Crippen molar-refractivity contribution < 1.29 is 25.9 Å². The summed E-state index contributed by atoms with van der Waals surface area (Å²) < 4.78 is 62.0. The first-order valence-electron chi connectivity index (χ1n) is 6.93. The van der Waals surface area contributed by atoms with Gasteiger partial charge in [-0.1, -0.05) is 59.7 Å². The van der Waals surface area contributed by atoms with Crippen LogP contribution in [0.1, 0.15) is 22.3 Å². The van der Waals surface area contributed by atoms with Gasteiger partial charge in [0.25, 0.3) is 0 Å². The molecule has 0 aromatic heterocycles. The summed E-state index contributed by atoms with van der Waals surface area (Å²) in [6.45, 7) is 3.80. The van der Waals surface area contributed by atoms with Crippen LogP contribution in [-0.2, 0) is 31.7 Å². The average Bonchev–Trinajstić information content (AvgIpc) is 2.42. The van der Waals surface area contributed by atoms with E-state index in [4.69, 9.17) is 0 Å². The van der Waals surface area contributed by atoms with Crippen molar-refractivity contribution in [2.75, 3.05) is 0 Å². The third kappa shape index (κ3) is 12.1. The number of aryl methyl sites for hydroxylation is 2. The zero-order valence-corrected chi connectivity index (χ0v) is 17.1. The van der Waals surface area contributed by atoms with Crippen LogP contribution in [0, 0.1) is 13.8 Å². The Morgan fingerprint density at radius 1 is 0.640 bits per heavy atom. The molecule has 0 saturated heterocycles. The quantitative estimate of drug-likeness (QED) is 0.576. The maximum atomic E-state index is 10.3. The van der Waals surface area contributed by atoms with Crippen LogP contribution in [0.25, 0.3) is 0 Å². The molecule has 0 radical (unpaired) electrons. The van der Waals surface area contributed by atoms with E-state index in [0.717, 1.165) is 11.1 Å². The Morgan fingerprint density at radius 3 is 1.08 bits per heavy atom. The number of hydrogen-bond donors (Lipinski definition) is 0. The SMILES string of the molecule is Cc1ccc(CS(=O)(=O)[O-])cc1.Cc1ccc(CS(=O)(=O)[O-])cc1.[Mg+2]. The Bertz CT molecular complexity index is 782. The van der Waals surface area contributed by atoms with Crippen LogP contribution < -0.4 is 0 Å². The molecule has 2 aromatic carbocycles.